The van der Waals surface area contributed by atoms with Crippen LogP contribution in [0, 0.1) is 0 Å². The number of halogens is 1. The first kappa shape index (κ1) is 11.0. The summed E-state index contributed by atoms with van der Waals surface area (Å²) in [5.74, 6) is -1.42. The van der Waals surface area contributed by atoms with Crippen molar-refractivity contribution in [3.8, 4) is 0 Å². The van der Waals surface area contributed by atoms with Gasteiger partial charge in [-0.15, -0.1) is 0 Å². The Balaban J connectivity index is 3.13. The van der Waals surface area contributed by atoms with E-state index in [1.54, 1.807) is 10.9 Å². The van der Waals surface area contributed by atoms with Crippen molar-refractivity contribution in [3.05, 3.63) is 17.2 Å². The quantitative estimate of drug-likeness (QED) is 0.839. The van der Waals surface area contributed by atoms with Gasteiger partial charge in [0.2, 0.25) is 0 Å². The Hall–Kier alpha value is -1.03. The van der Waals surface area contributed by atoms with Gasteiger partial charge >= 0.3 is 5.97 Å². The lowest BCUT2D eigenvalue weighted by molar-refractivity contribution is -0.139. The highest BCUT2D eigenvalue weighted by Gasteiger charge is 2.24. The highest BCUT2D eigenvalue weighted by Crippen LogP contribution is 2.26. The van der Waals surface area contributed by atoms with E-state index in [1.165, 1.54) is 0 Å². The molecule has 5 heteroatoms. The van der Waals surface area contributed by atoms with E-state index < -0.39 is 11.9 Å². The molecule has 0 aliphatic rings. The third-order valence-corrected chi connectivity index (χ3v) is 2.50. The van der Waals surface area contributed by atoms with Crippen LogP contribution < -0.4 is 0 Å². The average Bonchev–Trinajstić information content (AvgIpc) is 2.49. The van der Waals surface area contributed by atoms with Crippen molar-refractivity contribution >= 4 is 17.6 Å². The van der Waals surface area contributed by atoms with Gasteiger partial charge in [-0.25, -0.2) is 4.98 Å². The van der Waals surface area contributed by atoms with Crippen LogP contribution in [0.25, 0.3) is 0 Å². The first-order valence-electron chi connectivity index (χ1n) is 4.55. The number of hydrogen-bond donors (Lipinski definition) is 1. The van der Waals surface area contributed by atoms with E-state index in [4.69, 9.17) is 16.7 Å². The molecule has 0 spiro atoms. The summed E-state index contributed by atoms with van der Waals surface area (Å²) in [6.45, 7) is 4.43. The largest absolute Gasteiger partial charge is 0.481 e. The number of aryl methyl sites for hydroxylation is 1. The highest BCUT2D eigenvalue weighted by molar-refractivity contribution is 6.30. The van der Waals surface area contributed by atoms with Crippen LogP contribution in [-0.4, -0.2) is 20.6 Å². The molecular weight excluding hydrogens is 204 g/mol. The van der Waals surface area contributed by atoms with E-state index in [1.807, 2.05) is 13.8 Å². The molecule has 1 unspecified atom stereocenters. The molecule has 1 aromatic heterocycles. The minimum Gasteiger partial charge on any atom is -0.481 e. The lowest BCUT2D eigenvalue weighted by atomic mass is 10.0. The Kier molecular flexibility index (Phi) is 3.52. The Labute approximate surface area is 87.5 Å². The molecule has 1 aromatic rings. The van der Waals surface area contributed by atoms with Gasteiger partial charge in [0.15, 0.2) is 5.15 Å². The van der Waals surface area contributed by atoms with E-state index in [0.717, 1.165) is 0 Å². The summed E-state index contributed by atoms with van der Waals surface area (Å²) in [7, 11) is 0. The molecule has 0 fully saturated rings. The first-order valence-corrected chi connectivity index (χ1v) is 4.92. The van der Waals surface area contributed by atoms with E-state index in [-0.39, 0.29) is 0 Å². The summed E-state index contributed by atoms with van der Waals surface area (Å²) >= 11 is 5.85. The van der Waals surface area contributed by atoms with Gasteiger partial charge in [-0.2, -0.15) is 0 Å². The minimum atomic E-state index is -0.857. The summed E-state index contributed by atoms with van der Waals surface area (Å²) in [5.41, 5.74) is 0.601. The normalized spacial score (nSPS) is 12.8. The number of aliphatic carboxylic acids is 1. The molecule has 1 N–H and O–H groups in total. The van der Waals surface area contributed by atoms with Crippen LogP contribution >= 0.6 is 11.6 Å². The monoisotopic (exact) mass is 216 g/mol. The molecule has 4 nitrogen and oxygen atoms in total. The van der Waals surface area contributed by atoms with Gasteiger partial charge in [0, 0.05) is 6.54 Å². The predicted octanol–water partition coefficient (Wildman–Crippen LogP) is 2.13. The fourth-order valence-corrected chi connectivity index (χ4v) is 1.73. The zero-order chi connectivity index (χ0) is 10.7. The topological polar surface area (TPSA) is 55.1 Å². The summed E-state index contributed by atoms with van der Waals surface area (Å²) in [4.78, 5) is 14.9. The zero-order valence-electron chi connectivity index (χ0n) is 8.20. The SMILES string of the molecule is CCC(C(=O)O)c1c(Cl)ncn1CC. The molecule has 1 heterocycles. The second kappa shape index (κ2) is 4.46. The molecule has 0 saturated heterocycles. The molecule has 0 saturated carbocycles. The van der Waals surface area contributed by atoms with E-state index >= 15 is 0 Å². The molecule has 0 aromatic carbocycles. The van der Waals surface area contributed by atoms with Crippen LogP contribution in [0.2, 0.25) is 5.15 Å². The average molecular weight is 217 g/mol. The van der Waals surface area contributed by atoms with Gasteiger partial charge in [0.05, 0.1) is 17.9 Å². The predicted molar refractivity (Wildman–Crippen MR) is 53.6 cm³/mol. The number of aromatic nitrogens is 2. The number of carboxylic acids is 1. The number of nitrogens with zero attached hydrogens (tertiary/aromatic N) is 2. The van der Waals surface area contributed by atoms with Gasteiger partial charge in [-0.3, -0.25) is 4.79 Å². The van der Waals surface area contributed by atoms with Gasteiger partial charge in [0.1, 0.15) is 0 Å². The molecule has 1 rings (SSSR count). The van der Waals surface area contributed by atoms with Crippen LogP contribution in [-0.2, 0) is 11.3 Å². The maximum absolute atomic E-state index is 10.9. The minimum absolute atomic E-state index is 0.293. The Morgan fingerprint density at radius 2 is 2.36 bits per heavy atom. The number of rotatable bonds is 4. The molecule has 0 amide bonds. The van der Waals surface area contributed by atoms with E-state index in [2.05, 4.69) is 4.98 Å². The van der Waals surface area contributed by atoms with Crippen LogP contribution in [0.15, 0.2) is 6.33 Å². The van der Waals surface area contributed by atoms with Crippen LogP contribution in [0.4, 0.5) is 0 Å². The van der Waals surface area contributed by atoms with Crippen molar-refractivity contribution in [2.75, 3.05) is 0 Å². The lowest BCUT2D eigenvalue weighted by Gasteiger charge is -2.12. The van der Waals surface area contributed by atoms with Crippen molar-refractivity contribution in [3.63, 3.8) is 0 Å². The van der Waals surface area contributed by atoms with Crippen molar-refractivity contribution in [1.82, 2.24) is 9.55 Å². The Morgan fingerprint density at radius 3 is 2.79 bits per heavy atom. The van der Waals surface area contributed by atoms with Crippen LogP contribution in [0.5, 0.6) is 0 Å². The Morgan fingerprint density at radius 1 is 1.71 bits per heavy atom. The van der Waals surface area contributed by atoms with Crippen LogP contribution in [0.1, 0.15) is 31.9 Å². The summed E-state index contributed by atoms with van der Waals surface area (Å²) in [5, 5.41) is 9.28. The summed E-state index contributed by atoms with van der Waals surface area (Å²) < 4.78 is 1.77. The smallest absolute Gasteiger partial charge is 0.312 e. The molecule has 1 atom stereocenters. The lowest BCUT2D eigenvalue weighted by Crippen LogP contribution is -2.15. The first-order chi connectivity index (χ1) is 6.61. The van der Waals surface area contributed by atoms with Gasteiger partial charge in [0.25, 0.3) is 0 Å². The Bertz CT molecular complexity index is 336. The second-order valence-corrected chi connectivity index (χ2v) is 3.36. The molecule has 0 aliphatic carbocycles. The fourth-order valence-electron chi connectivity index (χ4n) is 1.45. The van der Waals surface area contributed by atoms with Crippen molar-refractivity contribution in [1.29, 1.82) is 0 Å². The summed E-state index contributed by atoms with van der Waals surface area (Å²) in [6, 6.07) is 0. The number of hydrogen-bond acceptors (Lipinski definition) is 2. The number of imidazole rings is 1. The van der Waals surface area contributed by atoms with Gasteiger partial charge in [-0.05, 0) is 13.3 Å². The maximum Gasteiger partial charge on any atom is 0.312 e. The van der Waals surface area contributed by atoms with Crippen molar-refractivity contribution in [2.45, 2.75) is 32.7 Å². The molecule has 78 valence electrons. The van der Waals surface area contributed by atoms with E-state index in [9.17, 15) is 4.79 Å². The molecule has 0 bridgehead atoms. The third-order valence-electron chi connectivity index (χ3n) is 2.21. The molecule has 0 aliphatic heterocycles. The molecule has 14 heavy (non-hydrogen) atoms. The zero-order valence-corrected chi connectivity index (χ0v) is 8.95. The second-order valence-electron chi connectivity index (χ2n) is 3.01. The van der Waals surface area contributed by atoms with Gasteiger partial charge in [-0.1, -0.05) is 18.5 Å². The maximum atomic E-state index is 10.9. The standard InChI is InChI=1S/C9H13ClN2O2/c1-3-6(9(13)14)7-8(10)11-5-12(7)4-2/h5-6H,3-4H2,1-2H3,(H,13,14). The highest BCUT2D eigenvalue weighted by atomic mass is 35.5. The fraction of sp³-hybridized carbons (Fsp3) is 0.556. The number of carbonyl (C=O) groups is 1. The van der Waals surface area contributed by atoms with Crippen molar-refractivity contribution < 1.29 is 9.90 Å². The van der Waals surface area contributed by atoms with E-state index in [0.29, 0.717) is 23.8 Å². The number of carboxylic acid groups (broad SMARTS) is 1. The third kappa shape index (κ3) is 1.90. The van der Waals surface area contributed by atoms with Crippen LogP contribution in [0.3, 0.4) is 0 Å². The van der Waals surface area contributed by atoms with Crippen molar-refractivity contribution in [2.24, 2.45) is 0 Å². The molecular formula is C9H13ClN2O2. The molecule has 0 radical (unpaired) electrons. The summed E-state index contributed by atoms with van der Waals surface area (Å²) in [6.07, 6.45) is 2.09. The van der Waals surface area contributed by atoms with Gasteiger partial charge < -0.3 is 9.67 Å².